The summed E-state index contributed by atoms with van der Waals surface area (Å²) in [4.78, 5) is 2.61. The number of hydrogen-bond acceptors (Lipinski definition) is 2. The van der Waals surface area contributed by atoms with Crippen LogP contribution in [-0.2, 0) is 0 Å². The Bertz CT molecular complexity index is 388. The monoisotopic (exact) mass is 294 g/mol. The van der Waals surface area contributed by atoms with Gasteiger partial charge in [0.05, 0.1) is 0 Å². The molecule has 1 heterocycles. The molecule has 0 bridgehead atoms. The van der Waals surface area contributed by atoms with E-state index in [1.165, 1.54) is 57.3 Å². The zero-order chi connectivity index (χ0) is 14.2. The lowest BCUT2D eigenvalue weighted by atomic mass is 10.0. The van der Waals surface area contributed by atoms with Crippen molar-refractivity contribution in [2.24, 2.45) is 0 Å². The number of hydrogen-bond donors (Lipinski definition) is 1. The van der Waals surface area contributed by atoms with Gasteiger partial charge in [-0.15, -0.1) is 0 Å². The van der Waals surface area contributed by atoms with Crippen molar-refractivity contribution >= 4 is 11.6 Å². The molecule has 1 unspecified atom stereocenters. The Kier molecular flexibility index (Phi) is 6.85. The normalized spacial score (nSPS) is 18.1. The molecule has 2 nitrogen and oxygen atoms in total. The van der Waals surface area contributed by atoms with E-state index in [4.69, 9.17) is 11.6 Å². The van der Waals surface area contributed by atoms with Gasteiger partial charge in [-0.1, -0.05) is 37.1 Å². The molecule has 0 amide bonds. The molecule has 1 aromatic carbocycles. The molecule has 0 saturated carbocycles. The third kappa shape index (κ3) is 5.08. The number of halogens is 1. The first-order valence-corrected chi connectivity index (χ1v) is 8.38. The highest BCUT2D eigenvalue weighted by Crippen LogP contribution is 2.21. The van der Waals surface area contributed by atoms with Crippen molar-refractivity contribution in [3.8, 4) is 0 Å². The molecule has 112 valence electrons. The van der Waals surface area contributed by atoms with Gasteiger partial charge in [-0.2, -0.15) is 0 Å². The van der Waals surface area contributed by atoms with Crippen LogP contribution in [0.4, 0.5) is 0 Å². The second-order valence-corrected chi connectivity index (χ2v) is 6.19. The summed E-state index contributed by atoms with van der Waals surface area (Å²) >= 11 is 6.13. The zero-order valence-corrected chi connectivity index (χ0v) is 13.3. The van der Waals surface area contributed by atoms with Gasteiger partial charge in [0.15, 0.2) is 0 Å². The van der Waals surface area contributed by atoms with Gasteiger partial charge in [0.1, 0.15) is 0 Å². The maximum absolute atomic E-state index is 6.13. The second kappa shape index (κ2) is 8.66. The molecule has 2 rings (SSSR count). The Labute approximate surface area is 128 Å². The Morgan fingerprint density at radius 2 is 2.05 bits per heavy atom. The Balaban J connectivity index is 1.92. The molecule has 20 heavy (non-hydrogen) atoms. The summed E-state index contributed by atoms with van der Waals surface area (Å²) in [6.45, 7) is 7.02. The van der Waals surface area contributed by atoms with Crippen molar-refractivity contribution in [3.05, 3.63) is 34.9 Å². The van der Waals surface area contributed by atoms with Crippen molar-refractivity contribution in [3.63, 3.8) is 0 Å². The molecule has 0 aliphatic carbocycles. The first-order chi connectivity index (χ1) is 9.79. The fraction of sp³-hybridized carbons (Fsp3) is 0.647. The van der Waals surface area contributed by atoms with Gasteiger partial charge in [-0.05, 0) is 69.6 Å². The van der Waals surface area contributed by atoms with E-state index in [1.54, 1.807) is 0 Å². The fourth-order valence-corrected chi connectivity index (χ4v) is 3.12. The van der Waals surface area contributed by atoms with E-state index in [0.717, 1.165) is 11.6 Å². The van der Waals surface area contributed by atoms with Crippen molar-refractivity contribution in [1.82, 2.24) is 10.2 Å². The van der Waals surface area contributed by atoms with Gasteiger partial charge >= 0.3 is 0 Å². The van der Waals surface area contributed by atoms with Crippen LogP contribution in [0.25, 0.3) is 0 Å². The molecule has 0 radical (unpaired) electrons. The van der Waals surface area contributed by atoms with Crippen LogP contribution in [0.1, 0.15) is 50.6 Å². The largest absolute Gasteiger partial charge is 0.310 e. The van der Waals surface area contributed by atoms with Crippen LogP contribution in [0.3, 0.4) is 0 Å². The number of nitrogens with zero attached hydrogens (tertiary/aromatic N) is 1. The SMILES string of the molecule is CCCNC(CCN1CCCCC1)c1cccc(Cl)c1. The summed E-state index contributed by atoms with van der Waals surface area (Å²) in [5.74, 6) is 0. The molecule has 0 aromatic heterocycles. The highest BCUT2D eigenvalue weighted by molar-refractivity contribution is 6.30. The first-order valence-electron chi connectivity index (χ1n) is 8.01. The molecule has 1 fully saturated rings. The van der Waals surface area contributed by atoms with Crippen LogP contribution in [-0.4, -0.2) is 31.1 Å². The van der Waals surface area contributed by atoms with E-state index in [0.29, 0.717) is 6.04 Å². The van der Waals surface area contributed by atoms with Gasteiger partial charge in [0, 0.05) is 11.1 Å². The molecule has 1 aliphatic heterocycles. The highest BCUT2D eigenvalue weighted by atomic mass is 35.5. The molecule has 1 aromatic rings. The minimum Gasteiger partial charge on any atom is -0.310 e. The van der Waals surface area contributed by atoms with Crippen LogP contribution >= 0.6 is 11.6 Å². The summed E-state index contributed by atoms with van der Waals surface area (Å²) in [6, 6.07) is 8.72. The second-order valence-electron chi connectivity index (χ2n) is 5.75. The lowest BCUT2D eigenvalue weighted by molar-refractivity contribution is 0.217. The van der Waals surface area contributed by atoms with Gasteiger partial charge in [-0.3, -0.25) is 0 Å². The number of benzene rings is 1. The lowest BCUT2D eigenvalue weighted by Crippen LogP contribution is -2.33. The molecule has 1 N–H and O–H groups in total. The van der Waals surface area contributed by atoms with Crippen molar-refractivity contribution < 1.29 is 0 Å². The van der Waals surface area contributed by atoms with E-state index < -0.39 is 0 Å². The van der Waals surface area contributed by atoms with Gasteiger partial charge in [0.25, 0.3) is 0 Å². The molecular weight excluding hydrogens is 268 g/mol. The average Bonchev–Trinajstić information content (AvgIpc) is 2.48. The van der Waals surface area contributed by atoms with Gasteiger partial charge in [0.2, 0.25) is 0 Å². The zero-order valence-electron chi connectivity index (χ0n) is 12.6. The van der Waals surface area contributed by atoms with Crippen LogP contribution in [0.5, 0.6) is 0 Å². The van der Waals surface area contributed by atoms with Gasteiger partial charge < -0.3 is 10.2 Å². The lowest BCUT2D eigenvalue weighted by Gasteiger charge is -2.29. The predicted octanol–water partition coefficient (Wildman–Crippen LogP) is 4.26. The minimum atomic E-state index is 0.426. The standard InChI is InChI=1S/C17H27ClN2/c1-2-10-19-17(15-7-6-8-16(18)14-15)9-13-20-11-4-3-5-12-20/h6-8,14,17,19H,2-5,9-13H2,1H3. The third-order valence-electron chi connectivity index (χ3n) is 4.07. The fourth-order valence-electron chi connectivity index (χ4n) is 2.92. The molecule has 3 heteroatoms. The van der Waals surface area contributed by atoms with E-state index in [1.807, 2.05) is 6.07 Å². The molecule has 0 spiro atoms. The maximum atomic E-state index is 6.13. The summed E-state index contributed by atoms with van der Waals surface area (Å²) in [6.07, 6.45) is 6.47. The van der Waals surface area contributed by atoms with Crippen LogP contribution in [0.2, 0.25) is 5.02 Å². The molecule has 1 aliphatic rings. The number of rotatable bonds is 7. The van der Waals surface area contributed by atoms with Gasteiger partial charge in [-0.25, -0.2) is 0 Å². The van der Waals surface area contributed by atoms with E-state index in [-0.39, 0.29) is 0 Å². The maximum Gasteiger partial charge on any atom is 0.0409 e. The average molecular weight is 295 g/mol. The minimum absolute atomic E-state index is 0.426. The third-order valence-corrected chi connectivity index (χ3v) is 4.31. The quantitative estimate of drug-likeness (QED) is 0.808. The number of nitrogens with one attached hydrogen (secondary N) is 1. The van der Waals surface area contributed by atoms with Crippen molar-refractivity contribution in [1.29, 1.82) is 0 Å². The van der Waals surface area contributed by atoms with Crippen molar-refractivity contribution in [2.75, 3.05) is 26.2 Å². The van der Waals surface area contributed by atoms with Crippen molar-refractivity contribution in [2.45, 2.75) is 45.1 Å². The first kappa shape index (κ1) is 15.8. The summed E-state index contributed by atoms with van der Waals surface area (Å²) in [5, 5.41) is 4.50. The number of likely N-dealkylation sites (tertiary alicyclic amines) is 1. The Morgan fingerprint density at radius 1 is 1.25 bits per heavy atom. The molecular formula is C17H27ClN2. The topological polar surface area (TPSA) is 15.3 Å². The molecule has 1 atom stereocenters. The summed E-state index contributed by atoms with van der Waals surface area (Å²) < 4.78 is 0. The van der Waals surface area contributed by atoms with Crippen LogP contribution < -0.4 is 5.32 Å². The summed E-state index contributed by atoms with van der Waals surface area (Å²) in [7, 11) is 0. The summed E-state index contributed by atoms with van der Waals surface area (Å²) in [5.41, 5.74) is 1.32. The van der Waals surface area contributed by atoms with E-state index in [9.17, 15) is 0 Å². The number of piperidine rings is 1. The van der Waals surface area contributed by atoms with E-state index in [2.05, 4.69) is 35.3 Å². The predicted molar refractivity (Wildman–Crippen MR) is 87.4 cm³/mol. The Morgan fingerprint density at radius 3 is 2.75 bits per heavy atom. The smallest absolute Gasteiger partial charge is 0.0409 e. The van der Waals surface area contributed by atoms with E-state index >= 15 is 0 Å². The molecule has 1 saturated heterocycles. The van der Waals surface area contributed by atoms with Crippen LogP contribution in [0, 0.1) is 0 Å². The highest BCUT2D eigenvalue weighted by Gasteiger charge is 2.15. The van der Waals surface area contributed by atoms with Crippen LogP contribution in [0.15, 0.2) is 24.3 Å². The Hall–Kier alpha value is -0.570.